The van der Waals surface area contributed by atoms with Crippen molar-refractivity contribution in [3.8, 4) is 0 Å². The molecular weight excluding hydrogens is 158 g/mol. The summed E-state index contributed by atoms with van der Waals surface area (Å²) in [6.45, 7) is 0. The van der Waals surface area contributed by atoms with Crippen LogP contribution in [0.2, 0.25) is 0 Å². The fraction of sp³-hybridized carbons (Fsp3) is 0.667. The second-order valence-electron chi connectivity index (χ2n) is 1.28. The van der Waals surface area contributed by atoms with Crippen LogP contribution in [-0.2, 0) is 0 Å². The third-order valence-electron chi connectivity index (χ3n) is 0.644. The Labute approximate surface area is 54.2 Å². The summed E-state index contributed by atoms with van der Waals surface area (Å²) in [7, 11) is 0.551. The van der Waals surface area contributed by atoms with Crippen molar-refractivity contribution in [1.29, 1.82) is 0 Å². The number of halogens is 4. The van der Waals surface area contributed by atoms with E-state index in [-0.39, 0.29) is 0 Å². The van der Waals surface area contributed by atoms with Gasteiger partial charge in [0.2, 0.25) is 0 Å². The first-order valence-electron chi connectivity index (χ1n) is 1.85. The topological polar surface area (TPSA) is 20.3 Å². The molecule has 0 aromatic carbocycles. The number of hydrogen-bond acceptors (Lipinski definition) is 1. The summed E-state index contributed by atoms with van der Waals surface area (Å²) in [5.74, 6) is 0. The molecule has 6 heteroatoms. The highest BCUT2D eigenvalue weighted by molar-refractivity contribution is 6.62. The molecule has 0 aromatic rings. The van der Waals surface area contributed by atoms with Crippen LogP contribution in [0, 0.1) is 0 Å². The molecule has 0 aromatic heterocycles. The first-order valence-corrected chi connectivity index (χ1v) is 2.23. The van der Waals surface area contributed by atoms with Crippen LogP contribution in [0.15, 0.2) is 0 Å². The van der Waals surface area contributed by atoms with Crippen molar-refractivity contribution < 1.29 is 18.0 Å². The SMILES string of the molecule is CN(C(=O)Cl)C(F)(F)F. The minimum absolute atomic E-state index is 0.519. The van der Waals surface area contributed by atoms with Gasteiger partial charge in [-0.15, -0.1) is 13.2 Å². The van der Waals surface area contributed by atoms with E-state index in [4.69, 9.17) is 0 Å². The molecule has 0 unspecified atom stereocenters. The molecule has 1 amide bonds. The molecule has 0 heterocycles. The van der Waals surface area contributed by atoms with Crippen molar-refractivity contribution in [3.63, 3.8) is 0 Å². The van der Waals surface area contributed by atoms with E-state index >= 15 is 0 Å². The minimum atomic E-state index is -4.67. The molecule has 0 rings (SSSR count). The molecule has 0 bridgehead atoms. The van der Waals surface area contributed by atoms with Gasteiger partial charge < -0.3 is 0 Å². The van der Waals surface area contributed by atoms with Crippen molar-refractivity contribution in [2.45, 2.75) is 6.30 Å². The van der Waals surface area contributed by atoms with E-state index in [0.29, 0.717) is 7.05 Å². The van der Waals surface area contributed by atoms with E-state index in [0.717, 1.165) is 0 Å². The van der Waals surface area contributed by atoms with Gasteiger partial charge in [0.25, 0.3) is 0 Å². The average Bonchev–Trinajstić information content (AvgIpc) is 1.62. The zero-order chi connectivity index (χ0) is 7.65. The van der Waals surface area contributed by atoms with Gasteiger partial charge >= 0.3 is 11.7 Å². The number of alkyl halides is 3. The van der Waals surface area contributed by atoms with Gasteiger partial charge in [-0.05, 0) is 11.6 Å². The lowest BCUT2D eigenvalue weighted by atomic mass is 10.9. The Hall–Kier alpha value is -0.450. The van der Waals surface area contributed by atoms with Crippen molar-refractivity contribution in [1.82, 2.24) is 4.90 Å². The van der Waals surface area contributed by atoms with E-state index in [1.54, 1.807) is 0 Å². The van der Waals surface area contributed by atoms with E-state index in [1.807, 2.05) is 0 Å². The predicted octanol–water partition coefficient (Wildman–Crippen LogP) is 1.80. The first kappa shape index (κ1) is 8.55. The number of carbonyl (C=O) groups is 1. The van der Waals surface area contributed by atoms with E-state index in [2.05, 4.69) is 11.6 Å². The van der Waals surface area contributed by atoms with E-state index in [1.165, 1.54) is 0 Å². The summed E-state index contributed by atoms with van der Waals surface area (Å²) in [4.78, 5) is 9.24. The summed E-state index contributed by atoms with van der Waals surface area (Å²) >= 11 is 4.48. The Balaban J connectivity index is 4.04. The third kappa shape index (κ3) is 2.55. The second kappa shape index (κ2) is 2.43. The number of carbonyl (C=O) groups excluding carboxylic acids is 1. The predicted molar refractivity (Wildman–Crippen MR) is 25.1 cm³/mol. The van der Waals surface area contributed by atoms with Crippen LogP contribution < -0.4 is 0 Å². The van der Waals surface area contributed by atoms with E-state index in [9.17, 15) is 18.0 Å². The second-order valence-corrected chi connectivity index (χ2v) is 1.60. The Kier molecular flexibility index (Phi) is 2.31. The third-order valence-corrected chi connectivity index (χ3v) is 0.898. The highest BCUT2D eigenvalue weighted by atomic mass is 35.5. The maximum atomic E-state index is 11.3. The number of amides is 1. The number of rotatable bonds is 0. The van der Waals surface area contributed by atoms with Gasteiger partial charge in [0, 0.05) is 7.05 Å². The van der Waals surface area contributed by atoms with Crippen LogP contribution in [0.4, 0.5) is 18.0 Å². The van der Waals surface area contributed by atoms with Gasteiger partial charge in [0.1, 0.15) is 0 Å². The quantitative estimate of drug-likeness (QED) is 0.392. The lowest BCUT2D eigenvalue weighted by Gasteiger charge is -2.15. The Bertz CT molecular complexity index is 123. The highest BCUT2D eigenvalue weighted by Gasteiger charge is 2.36. The maximum absolute atomic E-state index is 11.3. The summed E-state index contributed by atoms with van der Waals surface area (Å²) < 4.78 is 34.0. The molecule has 0 saturated carbocycles. The minimum Gasteiger partial charge on any atom is -0.255 e. The molecule has 2 nitrogen and oxygen atoms in total. The monoisotopic (exact) mass is 161 g/mol. The largest absolute Gasteiger partial charge is 0.487 e. The first-order chi connectivity index (χ1) is 3.85. The highest BCUT2D eigenvalue weighted by Crippen LogP contribution is 2.19. The zero-order valence-electron chi connectivity index (χ0n) is 4.37. The van der Waals surface area contributed by atoms with Gasteiger partial charge in [0.05, 0.1) is 0 Å². The van der Waals surface area contributed by atoms with Crippen LogP contribution >= 0.6 is 11.6 Å². The van der Waals surface area contributed by atoms with Crippen LogP contribution in [-0.4, -0.2) is 23.6 Å². The number of nitrogens with zero attached hydrogens (tertiary/aromatic N) is 1. The van der Waals surface area contributed by atoms with Gasteiger partial charge in [-0.2, -0.15) is 0 Å². The summed E-state index contributed by atoms with van der Waals surface area (Å²) in [5, 5.41) is -1.54. The zero-order valence-corrected chi connectivity index (χ0v) is 5.12. The molecule has 0 atom stereocenters. The van der Waals surface area contributed by atoms with Crippen molar-refractivity contribution in [3.05, 3.63) is 0 Å². The molecular formula is C3H3ClF3NO. The smallest absolute Gasteiger partial charge is 0.255 e. The summed E-state index contributed by atoms with van der Waals surface area (Å²) in [5.41, 5.74) is 0. The van der Waals surface area contributed by atoms with Gasteiger partial charge in [-0.3, -0.25) is 4.79 Å². The lowest BCUT2D eigenvalue weighted by Crippen LogP contribution is -2.35. The molecule has 0 spiro atoms. The molecule has 0 aliphatic carbocycles. The fourth-order valence-corrected chi connectivity index (χ4v) is 0.196. The van der Waals surface area contributed by atoms with Crippen LogP contribution in [0.1, 0.15) is 0 Å². The average molecular weight is 162 g/mol. The number of hydrogen-bond donors (Lipinski definition) is 0. The molecule has 9 heavy (non-hydrogen) atoms. The van der Waals surface area contributed by atoms with Gasteiger partial charge in [-0.25, -0.2) is 4.90 Å². The Morgan fingerprint density at radius 2 is 1.89 bits per heavy atom. The standard InChI is InChI=1S/C3H3ClF3NO/c1-8(2(4)9)3(5,6)7/h1H3. The molecule has 0 radical (unpaired) electrons. The van der Waals surface area contributed by atoms with Gasteiger partial charge in [0.15, 0.2) is 0 Å². The van der Waals surface area contributed by atoms with Crippen molar-refractivity contribution in [2.75, 3.05) is 7.05 Å². The summed E-state index contributed by atoms with van der Waals surface area (Å²) in [6.07, 6.45) is -4.67. The molecule has 0 aliphatic rings. The molecule has 0 fully saturated rings. The van der Waals surface area contributed by atoms with Crippen LogP contribution in [0.5, 0.6) is 0 Å². The molecule has 0 saturated heterocycles. The summed E-state index contributed by atoms with van der Waals surface area (Å²) in [6, 6.07) is 0. The van der Waals surface area contributed by atoms with Crippen LogP contribution in [0.3, 0.4) is 0 Å². The normalized spacial score (nSPS) is 11.2. The molecule has 54 valence electrons. The van der Waals surface area contributed by atoms with Gasteiger partial charge in [-0.1, -0.05) is 0 Å². The van der Waals surface area contributed by atoms with E-state index < -0.39 is 16.6 Å². The van der Waals surface area contributed by atoms with Crippen LogP contribution in [0.25, 0.3) is 0 Å². The fourth-order valence-electron chi connectivity index (χ4n) is 0.0997. The van der Waals surface area contributed by atoms with Crippen molar-refractivity contribution in [2.24, 2.45) is 0 Å². The van der Waals surface area contributed by atoms with Crippen molar-refractivity contribution >= 4 is 17.0 Å². The molecule has 0 N–H and O–H groups in total. The Morgan fingerprint density at radius 1 is 1.56 bits per heavy atom. The Morgan fingerprint density at radius 3 is 1.89 bits per heavy atom. The maximum Gasteiger partial charge on any atom is 0.487 e. The molecule has 0 aliphatic heterocycles. The lowest BCUT2D eigenvalue weighted by molar-refractivity contribution is -0.212.